The molecule has 0 aliphatic carbocycles. The summed E-state index contributed by atoms with van der Waals surface area (Å²) in [5.41, 5.74) is 17.9. The molecule has 0 aliphatic heterocycles. The molecular formula is C94H54N4. The summed E-state index contributed by atoms with van der Waals surface area (Å²) in [5, 5.41) is 26.6. The second-order valence-corrected chi connectivity index (χ2v) is 25.9. The highest BCUT2D eigenvalue weighted by Crippen LogP contribution is 2.50. The molecule has 0 fully saturated rings. The summed E-state index contributed by atoms with van der Waals surface area (Å²) >= 11 is 0. The average Bonchev–Trinajstić information content (AvgIpc) is 1.58. The van der Waals surface area contributed by atoms with Gasteiger partial charge < -0.3 is 9.13 Å². The van der Waals surface area contributed by atoms with E-state index in [1.165, 1.54) is 141 Å². The number of aromatic nitrogens is 2. The zero-order valence-corrected chi connectivity index (χ0v) is 53.0. The zero-order valence-electron chi connectivity index (χ0n) is 53.0. The van der Waals surface area contributed by atoms with E-state index in [0.717, 1.165) is 55.0 Å². The van der Waals surface area contributed by atoms with Gasteiger partial charge in [-0.1, -0.05) is 243 Å². The summed E-state index contributed by atoms with van der Waals surface area (Å²) in [4.78, 5) is 7.77. The van der Waals surface area contributed by atoms with Crippen molar-refractivity contribution in [1.29, 1.82) is 0 Å². The van der Waals surface area contributed by atoms with Gasteiger partial charge in [0.2, 0.25) is 0 Å². The van der Waals surface area contributed by atoms with Crippen LogP contribution in [0.4, 0.5) is 11.4 Å². The third kappa shape index (κ3) is 8.17. The molecule has 0 unspecified atom stereocenters. The Bertz CT molecular complexity index is 6980. The second kappa shape index (κ2) is 21.6. The van der Waals surface area contributed by atoms with E-state index >= 15 is 0 Å². The van der Waals surface area contributed by atoms with Crippen molar-refractivity contribution >= 4 is 152 Å². The van der Waals surface area contributed by atoms with E-state index in [4.69, 9.17) is 13.1 Å². The lowest BCUT2D eigenvalue weighted by Crippen LogP contribution is -1.94. The average molecular weight is 1240 g/mol. The molecule has 2 heterocycles. The molecule has 0 saturated heterocycles. The predicted molar refractivity (Wildman–Crippen MR) is 416 cm³/mol. The Balaban J connectivity index is 0.000000133. The standard InChI is InChI=1S/C49H28N2.C45H26N2/c1-50-45-24-25-46-49-40(45)23-22-31-26-32(27-47(48(31)49)51(46)33-14-3-2-4-15-33)41-28-43-39-20-10-9-19-38(39)42(29-44(43)37-18-8-7-17-36(37)41)35-21-11-13-30-12-5-6-16-34(30)35;1-46-41-22-23-42-45-36(41)21-20-29-24-30(25-43(44(29)45)47(42)31-14-6-3-7-15-31)38-27-40-34-18-10-8-16-32(34)37(28-12-4-2-5-13-28)26-39(40)35-19-11-9-17-33(35)38/h2-29H;2-27H. The number of hydrogen-bond acceptors (Lipinski definition) is 0. The van der Waals surface area contributed by atoms with Crippen LogP contribution < -0.4 is 0 Å². The van der Waals surface area contributed by atoms with Crippen LogP contribution in [0.25, 0.3) is 206 Å². The Morgan fingerprint density at radius 2 is 0.551 bits per heavy atom. The van der Waals surface area contributed by atoms with Crippen molar-refractivity contribution in [2.75, 3.05) is 0 Å². The second-order valence-electron chi connectivity index (χ2n) is 25.9. The summed E-state index contributed by atoms with van der Waals surface area (Å²) in [6, 6.07) is 119. The maximum Gasteiger partial charge on any atom is 0.195 e. The summed E-state index contributed by atoms with van der Waals surface area (Å²) < 4.78 is 4.74. The molecule has 450 valence electrons. The van der Waals surface area contributed by atoms with Crippen LogP contribution in [0.5, 0.6) is 0 Å². The molecule has 0 radical (unpaired) electrons. The van der Waals surface area contributed by atoms with E-state index in [1.54, 1.807) is 0 Å². The smallest absolute Gasteiger partial charge is 0.195 e. The van der Waals surface area contributed by atoms with E-state index in [1.807, 2.05) is 12.1 Å². The van der Waals surface area contributed by atoms with Crippen molar-refractivity contribution in [2.24, 2.45) is 0 Å². The maximum absolute atomic E-state index is 7.89. The molecule has 4 heteroatoms. The molecule has 0 aliphatic rings. The number of rotatable bonds is 6. The lowest BCUT2D eigenvalue weighted by atomic mass is 9.86. The van der Waals surface area contributed by atoms with Crippen molar-refractivity contribution < 1.29 is 0 Å². The van der Waals surface area contributed by atoms with E-state index in [9.17, 15) is 0 Å². The first-order valence-electron chi connectivity index (χ1n) is 33.4. The lowest BCUT2D eigenvalue weighted by molar-refractivity contribution is 1.18. The monoisotopic (exact) mass is 1240 g/mol. The first kappa shape index (κ1) is 55.1. The Hall–Kier alpha value is -13.4. The highest BCUT2D eigenvalue weighted by atomic mass is 15.0. The van der Waals surface area contributed by atoms with Crippen LogP contribution in [-0.2, 0) is 0 Å². The molecule has 0 atom stereocenters. The minimum Gasteiger partial charge on any atom is -0.309 e. The quantitative estimate of drug-likeness (QED) is 0.117. The minimum atomic E-state index is 0.691. The molecule has 0 saturated carbocycles. The lowest BCUT2D eigenvalue weighted by Gasteiger charge is -2.17. The molecule has 98 heavy (non-hydrogen) atoms. The van der Waals surface area contributed by atoms with Gasteiger partial charge in [-0.05, 0) is 226 Å². The Morgan fingerprint density at radius 3 is 0.990 bits per heavy atom. The van der Waals surface area contributed by atoms with Crippen LogP contribution in [0.2, 0.25) is 0 Å². The van der Waals surface area contributed by atoms with Gasteiger partial charge in [0.1, 0.15) is 0 Å². The van der Waals surface area contributed by atoms with Crippen LogP contribution in [0.3, 0.4) is 0 Å². The zero-order chi connectivity index (χ0) is 64.7. The van der Waals surface area contributed by atoms with Gasteiger partial charge in [0, 0.05) is 32.9 Å². The molecule has 0 spiro atoms. The van der Waals surface area contributed by atoms with Crippen LogP contribution in [0.1, 0.15) is 0 Å². The number of fused-ring (bicyclic) bond motifs is 11. The highest BCUT2D eigenvalue weighted by Gasteiger charge is 2.25. The van der Waals surface area contributed by atoms with Crippen molar-refractivity contribution in [3.8, 4) is 55.9 Å². The number of hydrogen-bond donors (Lipinski definition) is 0. The predicted octanol–water partition coefficient (Wildman–Crippen LogP) is 26.6. The fourth-order valence-corrected chi connectivity index (χ4v) is 16.6. The van der Waals surface area contributed by atoms with Crippen molar-refractivity contribution in [2.45, 2.75) is 0 Å². The highest BCUT2D eigenvalue weighted by molar-refractivity contribution is 6.31. The fourth-order valence-electron chi connectivity index (χ4n) is 16.6. The Labute approximate surface area is 563 Å². The van der Waals surface area contributed by atoms with E-state index in [2.05, 4.69) is 334 Å². The van der Waals surface area contributed by atoms with Crippen LogP contribution in [0.15, 0.2) is 328 Å². The van der Waals surface area contributed by atoms with Gasteiger partial charge >= 0.3 is 0 Å². The van der Waals surface area contributed by atoms with Crippen LogP contribution >= 0.6 is 0 Å². The van der Waals surface area contributed by atoms with Gasteiger partial charge in [0.05, 0.1) is 35.2 Å². The Kier molecular flexibility index (Phi) is 12.1. The first-order chi connectivity index (χ1) is 48.5. The summed E-state index contributed by atoms with van der Waals surface area (Å²) in [6.45, 7) is 15.7. The van der Waals surface area contributed by atoms with Crippen LogP contribution in [0, 0.1) is 13.1 Å². The molecule has 21 aromatic rings. The molecule has 4 nitrogen and oxygen atoms in total. The number of para-hydroxylation sites is 2. The molecule has 21 rings (SSSR count). The molecular weight excluding hydrogens is 1190 g/mol. The Morgan fingerprint density at radius 1 is 0.194 bits per heavy atom. The first-order valence-corrected chi connectivity index (χ1v) is 33.4. The van der Waals surface area contributed by atoms with Crippen LogP contribution in [-0.4, -0.2) is 9.13 Å². The fraction of sp³-hybridized carbons (Fsp3) is 0. The van der Waals surface area contributed by atoms with E-state index in [-0.39, 0.29) is 0 Å². The van der Waals surface area contributed by atoms with Crippen molar-refractivity contribution in [3.05, 3.63) is 350 Å². The third-order valence-electron chi connectivity index (χ3n) is 20.8. The topological polar surface area (TPSA) is 18.6 Å². The minimum absolute atomic E-state index is 0.691. The van der Waals surface area contributed by atoms with E-state index in [0.29, 0.717) is 11.4 Å². The summed E-state index contributed by atoms with van der Waals surface area (Å²) in [5.74, 6) is 0. The van der Waals surface area contributed by atoms with Gasteiger partial charge in [0.25, 0.3) is 0 Å². The third-order valence-corrected chi connectivity index (χ3v) is 20.8. The van der Waals surface area contributed by atoms with Gasteiger partial charge in [-0.15, -0.1) is 0 Å². The van der Waals surface area contributed by atoms with Gasteiger partial charge in [-0.3, -0.25) is 0 Å². The van der Waals surface area contributed by atoms with E-state index < -0.39 is 0 Å². The molecule has 0 bridgehead atoms. The van der Waals surface area contributed by atoms with Crippen molar-refractivity contribution in [3.63, 3.8) is 0 Å². The maximum atomic E-state index is 7.89. The molecule has 0 amide bonds. The number of benzene rings is 19. The summed E-state index contributed by atoms with van der Waals surface area (Å²) in [6.07, 6.45) is 0. The van der Waals surface area contributed by atoms with Gasteiger partial charge in [0.15, 0.2) is 11.4 Å². The molecule has 0 N–H and O–H groups in total. The van der Waals surface area contributed by atoms with Crippen molar-refractivity contribution in [1.82, 2.24) is 9.13 Å². The normalized spacial score (nSPS) is 11.9. The van der Waals surface area contributed by atoms with Gasteiger partial charge in [-0.2, -0.15) is 0 Å². The summed E-state index contributed by atoms with van der Waals surface area (Å²) in [7, 11) is 0. The SMILES string of the molecule is [C-]#[N+]c1ccc2c3c1ccc1cc(-c4cc5c6ccccc6c(-c6cccc7ccccc67)cc5c5ccccc45)cc(c13)n2-c1ccccc1.[C-]#[N+]c1ccc2c3c1ccc1cc(-c4cc5c6ccccc6c(-c6ccccc6)cc5c5ccccc45)cc(c13)n2-c1ccccc1. The number of nitrogens with zero attached hydrogens (tertiary/aromatic N) is 4. The molecule has 19 aromatic carbocycles. The van der Waals surface area contributed by atoms with Gasteiger partial charge in [-0.25, -0.2) is 9.69 Å². The molecule has 2 aromatic heterocycles. The largest absolute Gasteiger partial charge is 0.309 e.